The molecule has 0 aliphatic rings. The Hall–Kier alpha value is -2.43. The number of hydrogen-bond acceptors (Lipinski definition) is 4. The molecule has 3 rings (SSSR count). The second-order valence-electron chi connectivity index (χ2n) is 4.90. The van der Waals surface area contributed by atoms with Crippen LogP contribution in [0.2, 0.25) is 0 Å². The van der Waals surface area contributed by atoms with Gasteiger partial charge in [-0.05, 0) is 32.4 Å². The normalized spacial score (nSPS) is 11.2. The third-order valence-corrected chi connectivity index (χ3v) is 3.35. The van der Waals surface area contributed by atoms with Crippen LogP contribution in [-0.2, 0) is 6.42 Å². The van der Waals surface area contributed by atoms with Crippen molar-refractivity contribution in [3.8, 4) is 5.69 Å². The van der Waals surface area contributed by atoms with Crippen LogP contribution in [0.25, 0.3) is 16.7 Å². The Morgan fingerprint density at radius 2 is 1.80 bits per heavy atom. The Balaban J connectivity index is 2.33. The van der Waals surface area contributed by atoms with E-state index in [2.05, 4.69) is 41.0 Å². The van der Waals surface area contributed by atoms with Gasteiger partial charge in [0, 0.05) is 0 Å². The molecule has 5 heteroatoms. The molecule has 0 saturated heterocycles. The van der Waals surface area contributed by atoms with Crippen LogP contribution in [0.4, 0.5) is 5.82 Å². The van der Waals surface area contributed by atoms with Gasteiger partial charge >= 0.3 is 0 Å². The van der Waals surface area contributed by atoms with E-state index in [1.54, 1.807) is 0 Å². The highest BCUT2D eigenvalue weighted by atomic mass is 15.3. The van der Waals surface area contributed by atoms with Crippen LogP contribution >= 0.6 is 0 Å². The number of benzene rings is 1. The average molecular weight is 267 g/mol. The fourth-order valence-electron chi connectivity index (χ4n) is 2.34. The largest absolute Gasteiger partial charge is 0.383 e. The molecule has 0 amide bonds. The van der Waals surface area contributed by atoms with Crippen molar-refractivity contribution in [2.75, 3.05) is 5.73 Å². The van der Waals surface area contributed by atoms with E-state index in [1.165, 1.54) is 5.56 Å². The molecular weight excluding hydrogens is 250 g/mol. The molecule has 0 saturated carbocycles. The zero-order valence-corrected chi connectivity index (χ0v) is 11.9. The van der Waals surface area contributed by atoms with Gasteiger partial charge in [-0.15, -0.1) is 0 Å². The molecule has 5 nitrogen and oxygen atoms in total. The Morgan fingerprint density at radius 1 is 1.10 bits per heavy atom. The molecule has 1 aromatic carbocycles. The molecular formula is C15H17N5. The zero-order chi connectivity index (χ0) is 14.3. The fourth-order valence-corrected chi connectivity index (χ4v) is 2.34. The van der Waals surface area contributed by atoms with Gasteiger partial charge in [0.1, 0.15) is 11.6 Å². The van der Waals surface area contributed by atoms with Crippen molar-refractivity contribution in [1.82, 2.24) is 19.7 Å². The van der Waals surface area contributed by atoms with Crippen LogP contribution < -0.4 is 5.73 Å². The lowest BCUT2D eigenvalue weighted by atomic mass is 10.2. The number of nitrogens with two attached hydrogens (primary N) is 1. The number of fused-ring (bicyclic) bond motifs is 1. The van der Waals surface area contributed by atoms with E-state index >= 15 is 0 Å². The number of nitrogens with zero attached hydrogens (tertiary/aromatic N) is 4. The Morgan fingerprint density at radius 3 is 2.45 bits per heavy atom. The topological polar surface area (TPSA) is 69.6 Å². The first kappa shape index (κ1) is 12.6. The minimum Gasteiger partial charge on any atom is -0.383 e. The van der Waals surface area contributed by atoms with Gasteiger partial charge in [-0.3, -0.25) is 0 Å². The molecule has 0 atom stereocenters. The van der Waals surface area contributed by atoms with Gasteiger partial charge in [0.2, 0.25) is 0 Å². The van der Waals surface area contributed by atoms with Crippen LogP contribution in [0.1, 0.15) is 24.0 Å². The molecule has 3 aromatic rings. The lowest BCUT2D eigenvalue weighted by Crippen LogP contribution is -2.01. The van der Waals surface area contributed by atoms with Gasteiger partial charge in [-0.2, -0.15) is 5.10 Å². The molecule has 2 heterocycles. The summed E-state index contributed by atoms with van der Waals surface area (Å²) in [6.07, 6.45) is 0.798. The maximum absolute atomic E-state index is 6.04. The molecule has 20 heavy (non-hydrogen) atoms. The second-order valence-corrected chi connectivity index (χ2v) is 4.90. The molecule has 2 N–H and O–H groups in total. The molecule has 0 radical (unpaired) electrons. The van der Waals surface area contributed by atoms with Crippen LogP contribution in [0.3, 0.4) is 0 Å². The van der Waals surface area contributed by atoms with Gasteiger partial charge in [0.05, 0.1) is 16.8 Å². The average Bonchev–Trinajstić information content (AvgIpc) is 2.78. The summed E-state index contributed by atoms with van der Waals surface area (Å²) in [5.74, 6) is 1.16. The number of nitrogen functional groups attached to an aromatic ring is 1. The standard InChI is InChI=1S/C15H17N5/c1-4-12-13-14(16)17-10(3)18-15(13)20(19-12)11-7-5-9(2)6-8-11/h5-8H,4H2,1-3H3,(H2,16,17,18). The molecule has 0 unspecified atom stereocenters. The van der Waals surface area contributed by atoms with Gasteiger partial charge in [-0.1, -0.05) is 24.6 Å². The maximum atomic E-state index is 6.04. The first-order chi connectivity index (χ1) is 9.60. The molecule has 0 fully saturated rings. The van der Waals surface area contributed by atoms with E-state index in [4.69, 9.17) is 5.73 Å². The molecule has 0 bridgehead atoms. The highest BCUT2D eigenvalue weighted by Crippen LogP contribution is 2.25. The van der Waals surface area contributed by atoms with E-state index in [0.717, 1.165) is 28.8 Å². The third kappa shape index (κ3) is 1.91. The number of rotatable bonds is 2. The Labute approximate surface area is 117 Å². The summed E-state index contributed by atoms with van der Waals surface area (Å²) in [4.78, 5) is 8.76. The van der Waals surface area contributed by atoms with Crippen molar-refractivity contribution in [2.24, 2.45) is 0 Å². The summed E-state index contributed by atoms with van der Waals surface area (Å²) in [6, 6.07) is 8.20. The lowest BCUT2D eigenvalue weighted by Gasteiger charge is -2.04. The number of aryl methyl sites for hydroxylation is 3. The van der Waals surface area contributed by atoms with Crippen LogP contribution in [0.5, 0.6) is 0 Å². The summed E-state index contributed by atoms with van der Waals surface area (Å²) in [5, 5.41) is 5.50. The quantitative estimate of drug-likeness (QED) is 0.774. The van der Waals surface area contributed by atoms with E-state index in [-0.39, 0.29) is 0 Å². The predicted molar refractivity (Wildman–Crippen MR) is 79.9 cm³/mol. The summed E-state index contributed by atoms with van der Waals surface area (Å²) in [6.45, 7) is 5.96. The summed E-state index contributed by atoms with van der Waals surface area (Å²) < 4.78 is 1.85. The minimum atomic E-state index is 0.503. The second kappa shape index (κ2) is 4.59. The highest BCUT2D eigenvalue weighted by molar-refractivity contribution is 5.89. The molecule has 2 aromatic heterocycles. The van der Waals surface area contributed by atoms with Gasteiger partial charge in [0.25, 0.3) is 0 Å². The van der Waals surface area contributed by atoms with Crippen molar-refractivity contribution in [3.63, 3.8) is 0 Å². The monoisotopic (exact) mass is 267 g/mol. The van der Waals surface area contributed by atoms with Crippen LogP contribution in [0, 0.1) is 13.8 Å². The van der Waals surface area contributed by atoms with Crippen molar-refractivity contribution in [3.05, 3.63) is 41.3 Å². The number of aromatic nitrogens is 4. The Bertz CT molecular complexity index is 771. The first-order valence-electron chi connectivity index (χ1n) is 6.69. The Kier molecular flexibility index (Phi) is 2.89. The van der Waals surface area contributed by atoms with E-state index in [9.17, 15) is 0 Å². The van der Waals surface area contributed by atoms with Gasteiger partial charge in [0.15, 0.2) is 5.65 Å². The van der Waals surface area contributed by atoms with Crippen molar-refractivity contribution < 1.29 is 0 Å². The summed E-state index contributed by atoms with van der Waals surface area (Å²) >= 11 is 0. The number of anilines is 1. The minimum absolute atomic E-state index is 0.503. The smallest absolute Gasteiger partial charge is 0.168 e. The van der Waals surface area contributed by atoms with E-state index < -0.39 is 0 Å². The molecule has 0 aliphatic carbocycles. The zero-order valence-electron chi connectivity index (χ0n) is 11.9. The highest BCUT2D eigenvalue weighted by Gasteiger charge is 2.16. The molecule has 0 aliphatic heterocycles. The molecule has 102 valence electrons. The lowest BCUT2D eigenvalue weighted by molar-refractivity contribution is 0.851. The first-order valence-corrected chi connectivity index (χ1v) is 6.69. The van der Waals surface area contributed by atoms with Gasteiger partial charge < -0.3 is 5.73 Å². The van der Waals surface area contributed by atoms with E-state index in [0.29, 0.717) is 11.6 Å². The summed E-state index contributed by atoms with van der Waals surface area (Å²) in [7, 11) is 0. The van der Waals surface area contributed by atoms with Crippen molar-refractivity contribution >= 4 is 16.9 Å². The van der Waals surface area contributed by atoms with Crippen molar-refractivity contribution in [1.29, 1.82) is 0 Å². The van der Waals surface area contributed by atoms with Crippen molar-refractivity contribution in [2.45, 2.75) is 27.2 Å². The van der Waals surface area contributed by atoms with Gasteiger partial charge in [-0.25, -0.2) is 14.6 Å². The fraction of sp³-hybridized carbons (Fsp3) is 0.267. The maximum Gasteiger partial charge on any atom is 0.168 e. The van der Waals surface area contributed by atoms with E-state index in [1.807, 2.05) is 23.7 Å². The predicted octanol–water partition coefficient (Wildman–Crippen LogP) is 2.58. The summed E-state index contributed by atoms with van der Waals surface area (Å²) in [5.41, 5.74) is 9.95. The SMILES string of the molecule is CCc1nn(-c2ccc(C)cc2)c2nc(C)nc(N)c12. The molecule has 0 spiro atoms. The van der Waals surface area contributed by atoms with Crippen LogP contribution in [-0.4, -0.2) is 19.7 Å². The van der Waals surface area contributed by atoms with Crippen LogP contribution in [0.15, 0.2) is 24.3 Å². The third-order valence-electron chi connectivity index (χ3n) is 3.35. The number of hydrogen-bond donors (Lipinski definition) is 1.